The van der Waals surface area contributed by atoms with E-state index in [9.17, 15) is 14.4 Å². The minimum atomic E-state index is -0.512. The van der Waals surface area contributed by atoms with Gasteiger partial charge in [-0.25, -0.2) is 9.69 Å². The molecule has 2 amide bonds. The van der Waals surface area contributed by atoms with Crippen molar-refractivity contribution in [3.8, 4) is 0 Å². The molecule has 130 valence electrons. The molecule has 1 aliphatic heterocycles. The molecule has 4 aliphatic rings. The van der Waals surface area contributed by atoms with Crippen LogP contribution in [0.25, 0.3) is 0 Å². The number of nitrogens with zero attached hydrogens (tertiary/aromatic N) is 1. The van der Waals surface area contributed by atoms with Gasteiger partial charge in [0.25, 0.3) is 0 Å². The molecule has 0 spiro atoms. The highest BCUT2D eigenvalue weighted by atomic mass is 16.5. The van der Waals surface area contributed by atoms with Crippen LogP contribution >= 0.6 is 0 Å². The number of imide groups is 1. The number of carbonyl (C=O) groups is 3. The fraction of sp³-hybridized carbons (Fsp3) is 0.450. The number of allylic oxidation sites excluding steroid dienone is 2. The topological polar surface area (TPSA) is 63.7 Å². The summed E-state index contributed by atoms with van der Waals surface area (Å²) in [4.78, 5) is 39.8. The van der Waals surface area contributed by atoms with Crippen molar-refractivity contribution in [2.75, 3.05) is 4.90 Å². The Hall–Kier alpha value is -2.43. The zero-order valence-electron chi connectivity index (χ0n) is 14.3. The summed E-state index contributed by atoms with van der Waals surface area (Å²) in [7, 11) is 0. The molecule has 1 saturated heterocycles. The molecule has 1 heterocycles. The van der Waals surface area contributed by atoms with Crippen LogP contribution in [0, 0.1) is 23.7 Å². The van der Waals surface area contributed by atoms with E-state index in [-0.39, 0.29) is 47.2 Å². The highest BCUT2D eigenvalue weighted by molar-refractivity contribution is 6.24. The van der Waals surface area contributed by atoms with Gasteiger partial charge in [-0.2, -0.15) is 0 Å². The van der Waals surface area contributed by atoms with Crippen LogP contribution in [0.1, 0.15) is 37.0 Å². The summed E-state index contributed by atoms with van der Waals surface area (Å²) < 4.78 is 5.28. The average molecular weight is 339 g/mol. The number of esters is 1. The number of hydrogen-bond donors (Lipinski definition) is 0. The molecule has 4 atom stereocenters. The minimum absolute atomic E-state index is 0.131. The maximum Gasteiger partial charge on any atom is 0.340 e. The Kier molecular flexibility index (Phi) is 3.74. The molecule has 1 aromatic carbocycles. The molecule has 0 N–H and O–H groups in total. The molecule has 5 nitrogen and oxygen atoms in total. The Labute approximate surface area is 146 Å². The van der Waals surface area contributed by atoms with Gasteiger partial charge in [-0.15, -0.1) is 0 Å². The van der Waals surface area contributed by atoms with Gasteiger partial charge >= 0.3 is 5.97 Å². The molecule has 2 fully saturated rings. The monoisotopic (exact) mass is 339 g/mol. The quantitative estimate of drug-likeness (QED) is 0.482. The first kappa shape index (κ1) is 16.1. The second kappa shape index (κ2) is 5.83. The van der Waals surface area contributed by atoms with E-state index in [1.807, 2.05) is 0 Å². The molecule has 0 aromatic heterocycles. The predicted molar refractivity (Wildman–Crippen MR) is 91.8 cm³/mol. The number of amides is 2. The van der Waals surface area contributed by atoms with Crippen LogP contribution in [-0.2, 0) is 14.3 Å². The molecule has 5 heteroatoms. The third-order valence-electron chi connectivity index (χ3n) is 5.47. The maximum atomic E-state index is 13.1. The number of fused-ring (bicyclic) bond motifs is 1. The van der Waals surface area contributed by atoms with Crippen molar-refractivity contribution in [1.29, 1.82) is 0 Å². The summed E-state index contributed by atoms with van der Waals surface area (Å²) in [5, 5.41) is 0. The highest BCUT2D eigenvalue weighted by Gasteiger charge is 2.57. The molecular weight excluding hydrogens is 318 g/mol. The van der Waals surface area contributed by atoms with Crippen LogP contribution in [0.15, 0.2) is 36.4 Å². The highest BCUT2D eigenvalue weighted by Crippen LogP contribution is 2.50. The number of ether oxygens (including phenoxy) is 1. The fourth-order valence-electron chi connectivity index (χ4n) is 4.43. The van der Waals surface area contributed by atoms with Crippen LogP contribution in [0.3, 0.4) is 0 Å². The van der Waals surface area contributed by atoms with Crippen molar-refractivity contribution in [2.24, 2.45) is 23.7 Å². The van der Waals surface area contributed by atoms with E-state index in [0.29, 0.717) is 5.69 Å². The number of rotatable bonds is 3. The van der Waals surface area contributed by atoms with Gasteiger partial charge in [0.05, 0.1) is 29.2 Å². The molecule has 0 radical (unpaired) electrons. The second-order valence-corrected chi connectivity index (χ2v) is 7.32. The normalized spacial score (nSPS) is 30.1. The molecular formula is C20H21NO4. The molecule has 0 unspecified atom stereocenters. The number of benzene rings is 1. The average Bonchev–Trinajstić information content (AvgIpc) is 2.88. The summed E-state index contributed by atoms with van der Waals surface area (Å²) in [6, 6.07) is 6.70. The van der Waals surface area contributed by atoms with Gasteiger partial charge in [0, 0.05) is 0 Å². The van der Waals surface area contributed by atoms with E-state index in [0.717, 1.165) is 12.8 Å². The van der Waals surface area contributed by atoms with Gasteiger partial charge in [-0.05, 0) is 50.7 Å². The lowest BCUT2D eigenvalue weighted by atomic mass is 9.63. The second-order valence-electron chi connectivity index (χ2n) is 7.32. The molecule has 25 heavy (non-hydrogen) atoms. The summed E-state index contributed by atoms with van der Waals surface area (Å²) in [6.45, 7) is 3.54. The van der Waals surface area contributed by atoms with Gasteiger partial charge in [0.2, 0.25) is 11.8 Å². The molecule has 5 rings (SSSR count). The van der Waals surface area contributed by atoms with Gasteiger partial charge in [0.15, 0.2) is 0 Å². The Balaban J connectivity index is 1.73. The molecule has 1 aromatic rings. The summed E-state index contributed by atoms with van der Waals surface area (Å²) in [5.41, 5.74) is 0.605. The molecule has 3 aliphatic carbocycles. The standard InChI is InChI=1S/C20H21NO4/c1-11(2)25-20(24)14-5-3-4-6-15(14)21-18(22)16-12-7-8-13(10-9-12)17(16)19(21)23/h3-8,11-13,16-17H,9-10H2,1-2H3/t12-,13-,16-,17-/m0/s1. The Morgan fingerprint density at radius 2 is 1.60 bits per heavy atom. The van der Waals surface area contributed by atoms with E-state index in [1.54, 1.807) is 38.1 Å². The van der Waals surface area contributed by atoms with Crippen molar-refractivity contribution < 1.29 is 19.1 Å². The van der Waals surface area contributed by atoms with E-state index < -0.39 is 5.97 Å². The smallest absolute Gasteiger partial charge is 0.340 e. The Bertz CT molecular complexity index is 750. The van der Waals surface area contributed by atoms with Crippen molar-refractivity contribution >= 4 is 23.5 Å². The minimum Gasteiger partial charge on any atom is -0.459 e. The van der Waals surface area contributed by atoms with Crippen LogP contribution in [0.2, 0.25) is 0 Å². The van der Waals surface area contributed by atoms with Crippen molar-refractivity contribution in [3.63, 3.8) is 0 Å². The Morgan fingerprint density at radius 1 is 1.04 bits per heavy atom. The van der Waals surface area contributed by atoms with Crippen LogP contribution in [0.4, 0.5) is 5.69 Å². The summed E-state index contributed by atoms with van der Waals surface area (Å²) >= 11 is 0. The van der Waals surface area contributed by atoms with Crippen molar-refractivity contribution in [2.45, 2.75) is 32.8 Å². The van der Waals surface area contributed by atoms with E-state index in [1.165, 1.54) is 4.90 Å². The van der Waals surface area contributed by atoms with E-state index >= 15 is 0 Å². The van der Waals surface area contributed by atoms with Gasteiger partial charge in [-0.3, -0.25) is 9.59 Å². The number of hydrogen-bond acceptors (Lipinski definition) is 4. The van der Waals surface area contributed by atoms with Crippen LogP contribution in [0.5, 0.6) is 0 Å². The zero-order chi connectivity index (χ0) is 17.7. The zero-order valence-corrected chi connectivity index (χ0v) is 14.3. The van der Waals surface area contributed by atoms with E-state index in [2.05, 4.69) is 12.2 Å². The fourth-order valence-corrected chi connectivity index (χ4v) is 4.43. The lowest BCUT2D eigenvalue weighted by Gasteiger charge is -2.38. The first-order valence-corrected chi connectivity index (χ1v) is 8.85. The first-order valence-electron chi connectivity index (χ1n) is 8.85. The third kappa shape index (κ3) is 2.41. The van der Waals surface area contributed by atoms with Gasteiger partial charge in [0.1, 0.15) is 0 Å². The SMILES string of the molecule is CC(C)OC(=O)c1ccccc1N1C(=O)[C@@H]2[C@@H](C1=O)[C@H]1C=C[C@H]2CC1. The Morgan fingerprint density at radius 3 is 2.12 bits per heavy atom. The maximum absolute atomic E-state index is 13.1. The summed E-state index contributed by atoms with van der Waals surface area (Å²) in [5.74, 6) is -1.19. The van der Waals surface area contributed by atoms with Crippen molar-refractivity contribution in [3.05, 3.63) is 42.0 Å². The predicted octanol–water partition coefficient (Wildman–Crippen LogP) is 2.95. The number of para-hydroxylation sites is 1. The van der Waals surface area contributed by atoms with Crippen molar-refractivity contribution in [1.82, 2.24) is 0 Å². The van der Waals surface area contributed by atoms with Crippen LogP contribution in [-0.4, -0.2) is 23.9 Å². The summed E-state index contributed by atoms with van der Waals surface area (Å²) in [6.07, 6.45) is 5.80. The third-order valence-corrected chi connectivity index (χ3v) is 5.47. The first-order chi connectivity index (χ1) is 12.0. The van der Waals surface area contributed by atoms with E-state index in [4.69, 9.17) is 4.74 Å². The number of anilines is 1. The molecule has 2 bridgehead atoms. The largest absolute Gasteiger partial charge is 0.459 e. The van der Waals surface area contributed by atoms with Gasteiger partial charge in [-0.1, -0.05) is 24.3 Å². The van der Waals surface area contributed by atoms with Crippen LogP contribution < -0.4 is 4.90 Å². The molecule has 1 saturated carbocycles. The lowest BCUT2D eigenvalue weighted by molar-refractivity contribution is -0.124. The lowest BCUT2D eigenvalue weighted by Crippen LogP contribution is -2.38. The number of carbonyl (C=O) groups excluding carboxylic acids is 3. The van der Waals surface area contributed by atoms with Gasteiger partial charge < -0.3 is 4.74 Å².